The zero-order valence-corrected chi connectivity index (χ0v) is 7.89. The van der Waals surface area contributed by atoms with Crippen molar-refractivity contribution >= 4 is 5.91 Å². The van der Waals surface area contributed by atoms with Gasteiger partial charge in [-0.25, -0.2) is 0 Å². The van der Waals surface area contributed by atoms with Crippen molar-refractivity contribution in [3.05, 3.63) is 12.7 Å². The van der Waals surface area contributed by atoms with Crippen molar-refractivity contribution < 1.29 is 4.79 Å². The smallest absolute Gasteiger partial charge is 0.239 e. The van der Waals surface area contributed by atoms with Crippen LogP contribution in [0.2, 0.25) is 0 Å². The quantitative estimate of drug-likeness (QED) is 0.474. The summed E-state index contributed by atoms with van der Waals surface area (Å²) < 4.78 is 0. The third kappa shape index (κ3) is 3.53. The molecule has 70 valence electrons. The lowest BCUT2D eigenvalue weighted by molar-refractivity contribution is -0.125. The summed E-state index contributed by atoms with van der Waals surface area (Å²) in [5.74, 6) is -0.0909. The van der Waals surface area contributed by atoms with Crippen LogP contribution in [0.5, 0.6) is 0 Å². The first-order chi connectivity index (χ1) is 5.54. The van der Waals surface area contributed by atoms with Crippen LogP contribution in [-0.2, 0) is 4.79 Å². The summed E-state index contributed by atoms with van der Waals surface area (Å²) >= 11 is 0. The first-order valence-electron chi connectivity index (χ1n) is 4.22. The Morgan fingerprint density at radius 2 is 2.33 bits per heavy atom. The van der Waals surface area contributed by atoms with Crippen LogP contribution in [0, 0.1) is 0 Å². The van der Waals surface area contributed by atoms with E-state index in [0.717, 1.165) is 6.42 Å². The van der Waals surface area contributed by atoms with Crippen LogP contribution in [-0.4, -0.2) is 18.0 Å². The van der Waals surface area contributed by atoms with Crippen molar-refractivity contribution in [2.75, 3.05) is 6.54 Å². The van der Waals surface area contributed by atoms with E-state index in [4.69, 9.17) is 5.73 Å². The molecule has 0 radical (unpaired) electrons. The Kier molecular flexibility index (Phi) is 4.59. The topological polar surface area (TPSA) is 55.1 Å². The van der Waals surface area contributed by atoms with Gasteiger partial charge in [0.2, 0.25) is 5.91 Å². The van der Waals surface area contributed by atoms with E-state index in [1.165, 1.54) is 0 Å². The first-order valence-corrected chi connectivity index (χ1v) is 4.22. The Labute approximate surface area is 74.0 Å². The fourth-order valence-electron chi connectivity index (χ4n) is 0.650. The normalized spacial score (nSPS) is 14.9. The predicted octanol–water partition coefficient (Wildman–Crippen LogP) is 0.806. The van der Waals surface area contributed by atoms with Crippen LogP contribution < -0.4 is 11.1 Å². The van der Waals surface area contributed by atoms with Gasteiger partial charge in [-0.2, -0.15) is 0 Å². The highest BCUT2D eigenvalue weighted by Gasteiger charge is 2.24. The van der Waals surface area contributed by atoms with E-state index in [1.54, 1.807) is 13.0 Å². The van der Waals surface area contributed by atoms with Gasteiger partial charge in [0.05, 0.1) is 5.54 Å². The molecular formula is C9H18N2O. The van der Waals surface area contributed by atoms with E-state index < -0.39 is 5.54 Å². The van der Waals surface area contributed by atoms with Gasteiger partial charge in [0.1, 0.15) is 0 Å². The van der Waals surface area contributed by atoms with E-state index in [-0.39, 0.29) is 5.91 Å². The molecule has 0 aromatic heterocycles. The summed E-state index contributed by atoms with van der Waals surface area (Å²) in [4.78, 5) is 11.3. The maximum Gasteiger partial charge on any atom is 0.239 e. The molecule has 0 aliphatic rings. The second kappa shape index (κ2) is 4.93. The third-order valence-corrected chi connectivity index (χ3v) is 1.89. The second-order valence-electron chi connectivity index (χ2n) is 3.10. The Morgan fingerprint density at radius 3 is 2.75 bits per heavy atom. The minimum absolute atomic E-state index is 0.0909. The summed E-state index contributed by atoms with van der Waals surface area (Å²) in [6, 6.07) is 0. The molecule has 0 aliphatic heterocycles. The van der Waals surface area contributed by atoms with Crippen LogP contribution in [0.15, 0.2) is 12.7 Å². The van der Waals surface area contributed by atoms with Gasteiger partial charge in [0, 0.05) is 6.54 Å². The Morgan fingerprint density at radius 1 is 1.75 bits per heavy atom. The molecule has 1 amide bonds. The molecule has 0 aliphatic carbocycles. The Bertz CT molecular complexity index is 164. The number of hydrogen-bond acceptors (Lipinski definition) is 2. The summed E-state index contributed by atoms with van der Waals surface area (Å²) in [5.41, 5.74) is 4.97. The van der Waals surface area contributed by atoms with E-state index in [1.807, 2.05) is 6.92 Å². The molecule has 3 nitrogen and oxygen atoms in total. The van der Waals surface area contributed by atoms with Crippen molar-refractivity contribution in [2.24, 2.45) is 5.73 Å². The van der Waals surface area contributed by atoms with Crippen molar-refractivity contribution in [3.8, 4) is 0 Å². The van der Waals surface area contributed by atoms with Gasteiger partial charge in [-0.15, -0.1) is 6.58 Å². The van der Waals surface area contributed by atoms with E-state index in [2.05, 4.69) is 11.9 Å². The number of carbonyl (C=O) groups is 1. The minimum atomic E-state index is -0.735. The number of amides is 1. The molecule has 0 fully saturated rings. The van der Waals surface area contributed by atoms with Gasteiger partial charge in [-0.1, -0.05) is 13.0 Å². The maximum atomic E-state index is 11.3. The summed E-state index contributed by atoms with van der Waals surface area (Å²) in [6.45, 7) is 7.81. The van der Waals surface area contributed by atoms with E-state index >= 15 is 0 Å². The predicted molar refractivity (Wildman–Crippen MR) is 50.7 cm³/mol. The summed E-state index contributed by atoms with van der Waals surface area (Å²) in [6.07, 6.45) is 3.19. The monoisotopic (exact) mass is 170 g/mol. The van der Waals surface area contributed by atoms with Gasteiger partial charge >= 0.3 is 0 Å². The largest absolute Gasteiger partial charge is 0.354 e. The highest BCUT2D eigenvalue weighted by molar-refractivity contribution is 5.85. The number of carbonyl (C=O) groups excluding carboxylic acids is 1. The number of hydrogen-bond donors (Lipinski definition) is 2. The Hall–Kier alpha value is -0.830. The number of nitrogens with one attached hydrogen (secondary N) is 1. The molecule has 0 bridgehead atoms. The van der Waals surface area contributed by atoms with Crippen LogP contribution in [0.25, 0.3) is 0 Å². The zero-order chi connectivity index (χ0) is 9.61. The lowest BCUT2D eigenvalue weighted by Crippen LogP contribution is -2.51. The summed E-state index contributed by atoms with van der Waals surface area (Å²) in [5, 5.41) is 2.74. The fourth-order valence-corrected chi connectivity index (χ4v) is 0.650. The number of rotatable bonds is 5. The van der Waals surface area contributed by atoms with Crippen LogP contribution in [0.1, 0.15) is 26.7 Å². The van der Waals surface area contributed by atoms with Crippen molar-refractivity contribution in [3.63, 3.8) is 0 Å². The van der Waals surface area contributed by atoms with Gasteiger partial charge in [0.25, 0.3) is 0 Å². The molecule has 0 aromatic carbocycles. The average molecular weight is 170 g/mol. The molecule has 0 heterocycles. The van der Waals surface area contributed by atoms with Crippen LogP contribution >= 0.6 is 0 Å². The van der Waals surface area contributed by atoms with Gasteiger partial charge < -0.3 is 11.1 Å². The lowest BCUT2D eigenvalue weighted by Gasteiger charge is -2.21. The average Bonchev–Trinajstić information content (AvgIpc) is 2.05. The van der Waals surface area contributed by atoms with Crippen molar-refractivity contribution in [2.45, 2.75) is 32.2 Å². The molecule has 1 atom stereocenters. The number of nitrogens with two attached hydrogens (primary N) is 1. The van der Waals surface area contributed by atoms with Gasteiger partial charge in [-0.3, -0.25) is 4.79 Å². The molecule has 0 saturated carbocycles. The molecule has 3 N–H and O–H groups in total. The Balaban J connectivity index is 3.79. The highest BCUT2D eigenvalue weighted by Crippen LogP contribution is 2.03. The van der Waals surface area contributed by atoms with Crippen molar-refractivity contribution in [1.29, 1.82) is 0 Å². The molecule has 3 heteroatoms. The van der Waals surface area contributed by atoms with Crippen molar-refractivity contribution in [1.82, 2.24) is 5.32 Å². The van der Waals surface area contributed by atoms with Crippen LogP contribution in [0.4, 0.5) is 0 Å². The zero-order valence-electron chi connectivity index (χ0n) is 7.89. The fraction of sp³-hybridized carbons (Fsp3) is 0.667. The maximum absolute atomic E-state index is 11.3. The van der Waals surface area contributed by atoms with E-state index in [0.29, 0.717) is 13.0 Å². The lowest BCUT2D eigenvalue weighted by atomic mass is 10.00. The molecule has 12 heavy (non-hydrogen) atoms. The van der Waals surface area contributed by atoms with Crippen LogP contribution in [0.3, 0.4) is 0 Å². The molecule has 0 aromatic rings. The molecule has 1 unspecified atom stereocenters. The van der Waals surface area contributed by atoms with Gasteiger partial charge in [0.15, 0.2) is 0 Å². The highest BCUT2D eigenvalue weighted by atomic mass is 16.2. The molecule has 0 saturated heterocycles. The first kappa shape index (κ1) is 11.2. The molecular weight excluding hydrogens is 152 g/mol. The molecule has 0 spiro atoms. The SMILES string of the molecule is C=CCCNC(=O)C(C)(N)CC. The third-order valence-electron chi connectivity index (χ3n) is 1.89. The van der Waals surface area contributed by atoms with Gasteiger partial charge in [-0.05, 0) is 19.8 Å². The minimum Gasteiger partial charge on any atom is -0.354 e. The molecule has 0 rings (SSSR count). The second-order valence-corrected chi connectivity index (χ2v) is 3.10. The summed E-state index contributed by atoms with van der Waals surface area (Å²) in [7, 11) is 0. The van der Waals surface area contributed by atoms with E-state index in [9.17, 15) is 4.79 Å². The standard InChI is InChI=1S/C9H18N2O/c1-4-6-7-11-8(12)9(3,10)5-2/h4H,1,5-7,10H2,2-3H3,(H,11,12).